The maximum Gasteiger partial charge on any atom is 0.232 e. The fraction of sp³-hybridized carbons (Fsp3) is 0.462. The molecule has 0 N–H and O–H groups in total. The van der Waals surface area contributed by atoms with Crippen LogP contribution < -0.4 is 5.30 Å². The molecule has 0 spiro atoms. The molecule has 18 heavy (non-hydrogen) atoms. The Morgan fingerprint density at radius 3 is 2.67 bits per heavy atom. The topological polar surface area (TPSA) is 38.7 Å². The lowest BCUT2D eigenvalue weighted by atomic mass is 10.3. The van der Waals surface area contributed by atoms with Crippen LogP contribution in [0.4, 0.5) is 0 Å². The van der Waals surface area contributed by atoms with E-state index < -0.39 is 7.37 Å². The summed E-state index contributed by atoms with van der Waals surface area (Å²) >= 11 is 4.50. The molecule has 3 nitrogen and oxygen atoms in total. The van der Waals surface area contributed by atoms with Crippen molar-refractivity contribution in [3.8, 4) is 0 Å². The van der Waals surface area contributed by atoms with Crippen LogP contribution >= 0.6 is 19.6 Å². The van der Waals surface area contributed by atoms with Crippen molar-refractivity contribution >= 4 is 30.1 Å². The number of unbranched alkanes of at least 4 members (excludes halogenated alkanes) is 1. The number of isothiocyanates is 1. The van der Waals surface area contributed by atoms with E-state index in [1.165, 1.54) is 0 Å². The van der Waals surface area contributed by atoms with Crippen LogP contribution in [0.5, 0.6) is 0 Å². The quantitative estimate of drug-likeness (QED) is 0.317. The molecule has 0 bridgehead atoms. The molecule has 5 heteroatoms. The second kappa shape index (κ2) is 8.34. The lowest BCUT2D eigenvalue weighted by molar-refractivity contribution is 0.340. The minimum atomic E-state index is -2.71. The minimum Gasteiger partial charge on any atom is -0.326 e. The molecule has 1 aromatic rings. The van der Waals surface area contributed by atoms with Crippen molar-refractivity contribution in [3.05, 3.63) is 30.3 Å². The molecule has 0 saturated carbocycles. The van der Waals surface area contributed by atoms with E-state index >= 15 is 0 Å². The summed E-state index contributed by atoms with van der Waals surface area (Å²) in [6.07, 6.45) is 2.22. The van der Waals surface area contributed by atoms with Gasteiger partial charge in [0.15, 0.2) is 0 Å². The molecule has 0 amide bonds. The molecule has 0 aliphatic heterocycles. The monoisotopic (exact) mass is 283 g/mol. The summed E-state index contributed by atoms with van der Waals surface area (Å²) in [4.78, 5) is 3.84. The number of hydrogen-bond acceptors (Lipinski definition) is 4. The molecule has 0 radical (unpaired) electrons. The largest absolute Gasteiger partial charge is 0.326 e. The van der Waals surface area contributed by atoms with Gasteiger partial charge in [0, 0.05) is 18.0 Å². The number of nitrogens with zero attached hydrogens (tertiary/aromatic N) is 1. The average Bonchev–Trinajstić information content (AvgIpc) is 2.40. The maximum absolute atomic E-state index is 12.8. The Morgan fingerprint density at radius 2 is 2.06 bits per heavy atom. The minimum absolute atomic E-state index is 0.463. The second-order valence-electron chi connectivity index (χ2n) is 3.83. The molecule has 1 unspecified atom stereocenters. The summed E-state index contributed by atoms with van der Waals surface area (Å²) in [5, 5.41) is 3.13. The van der Waals surface area contributed by atoms with Crippen molar-refractivity contribution in [1.82, 2.24) is 0 Å². The molecule has 0 fully saturated rings. The molecule has 0 aromatic heterocycles. The van der Waals surface area contributed by atoms with Gasteiger partial charge < -0.3 is 4.52 Å². The van der Waals surface area contributed by atoms with Gasteiger partial charge in [0.2, 0.25) is 7.37 Å². The fourth-order valence-corrected chi connectivity index (χ4v) is 4.00. The van der Waals surface area contributed by atoms with E-state index in [1.807, 2.05) is 37.3 Å². The van der Waals surface area contributed by atoms with Crippen LogP contribution in [0.25, 0.3) is 0 Å². The van der Waals surface area contributed by atoms with E-state index in [0.29, 0.717) is 19.3 Å². The van der Waals surface area contributed by atoms with Gasteiger partial charge in [-0.3, -0.25) is 4.57 Å². The van der Waals surface area contributed by atoms with Gasteiger partial charge in [-0.2, -0.15) is 0 Å². The molecule has 1 atom stereocenters. The van der Waals surface area contributed by atoms with E-state index in [4.69, 9.17) is 4.52 Å². The first-order chi connectivity index (χ1) is 8.73. The summed E-state index contributed by atoms with van der Waals surface area (Å²) in [6, 6.07) is 9.42. The molecule has 0 saturated heterocycles. The van der Waals surface area contributed by atoms with Gasteiger partial charge in [-0.25, -0.2) is 4.99 Å². The number of rotatable bonds is 8. The first kappa shape index (κ1) is 15.3. The van der Waals surface area contributed by atoms with Crippen LogP contribution in [-0.2, 0) is 9.09 Å². The third kappa shape index (κ3) is 4.83. The van der Waals surface area contributed by atoms with Crippen molar-refractivity contribution in [2.24, 2.45) is 4.99 Å². The van der Waals surface area contributed by atoms with Crippen LogP contribution in [0.1, 0.15) is 19.8 Å². The van der Waals surface area contributed by atoms with Crippen LogP contribution in [0, 0.1) is 0 Å². The van der Waals surface area contributed by atoms with E-state index in [-0.39, 0.29) is 0 Å². The van der Waals surface area contributed by atoms with E-state index in [1.54, 1.807) is 0 Å². The predicted octanol–water partition coefficient (Wildman–Crippen LogP) is 3.51. The van der Waals surface area contributed by atoms with E-state index in [0.717, 1.165) is 18.1 Å². The fourth-order valence-electron chi connectivity index (χ4n) is 1.69. The van der Waals surface area contributed by atoms with E-state index in [9.17, 15) is 4.57 Å². The van der Waals surface area contributed by atoms with Gasteiger partial charge >= 0.3 is 0 Å². The first-order valence-corrected chi connectivity index (χ1v) is 8.27. The number of aliphatic imine (C=N–C) groups is 1. The summed E-state index contributed by atoms with van der Waals surface area (Å²) in [5.74, 6) is 0. The summed E-state index contributed by atoms with van der Waals surface area (Å²) in [5.41, 5.74) is 0. The third-order valence-electron chi connectivity index (χ3n) is 2.52. The molecule has 0 aliphatic carbocycles. The Hall–Kier alpha value is -0.790. The summed E-state index contributed by atoms with van der Waals surface area (Å²) in [6.45, 7) is 2.97. The average molecular weight is 283 g/mol. The molecular weight excluding hydrogens is 265 g/mol. The lowest BCUT2D eigenvalue weighted by Gasteiger charge is -2.17. The summed E-state index contributed by atoms with van der Waals surface area (Å²) in [7, 11) is -2.71. The van der Waals surface area contributed by atoms with Crippen LogP contribution in [0.2, 0.25) is 0 Å². The second-order valence-corrected chi connectivity index (χ2v) is 6.58. The van der Waals surface area contributed by atoms with Crippen molar-refractivity contribution in [3.63, 3.8) is 0 Å². The highest BCUT2D eigenvalue weighted by atomic mass is 32.1. The van der Waals surface area contributed by atoms with Gasteiger partial charge in [0.05, 0.1) is 11.8 Å². The van der Waals surface area contributed by atoms with Crippen molar-refractivity contribution in [2.45, 2.75) is 19.8 Å². The molecule has 98 valence electrons. The van der Waals surface area contributed by atoms with Crippen molar-refractivity contribution in [1.29, 1.82) is 0 Å². The first-order valence-electron chi connectivity index (χ1n) is 6.06. The Morgan fingerprint density at radius 1 is 1.33 bits per heavy atom. The lowest BCUT2D eigenvalue weighted by Crippen LogP contribution is -2.10. The van der Waals surface area contributed by atoms with Crippen molar-refractivity contribution < 1.29 is 9.09 Å². The smallest absolute Gasteiger partial charge is 0.232 e. The Kier molecular flexibility index (Phi) is 7.07. The SMILES string of the molecule is CCOP(=O)(CCCCN=C=S)c1ccccc1. The standard InChI is InChI=1S/C13H18NO2PS/c1-2-16-17(15,11-7-6-10-14-12-18)13-8-4-3-5-9-13/h3-5,8-9H,2,6-7,10-11H2,1H3. The predicted molar refractivity (Wildman–Crippen MR) is 79.3 cm³/mol. The maximum atomic E-state index is 12.8. The number of hydrogen-bond donors (Lipinski definition) is 0. The van der Waals surface area contributed by atoms with Gasteiger partial charge in [0.25, 0.3) is 0 Å². The highest BCUT2D eigenvalue weighted by Crippen LogP contribution is 2.46. The number of benzene rings is 1. The highest BCUT2D eigenvalue weighted by Gasteiger charge is 2.24. The third-order valence-corrected chi connectivity index (χ3v) is 5.32. The Labute approximate surface area is 114 Å². The summed E-state index contributed by atoms with van der Waals surface area (Å²) < 4.78 is 18.3. The normalized spacial score (nSPS) is 13.6. The number of thiocarbonyl (C=S) groups is 1. The van der Waals surface area contributed by atoms with Crippen LogP contribution in [-0.4, -0.2) is 24.5 Å². The molecule has 0 heterocycles. The molecule has 1 aromatic carbocycles. The van der Waals surface area contributed by atoms with Crippen LogP contribution in [0.3, 0.4) is 0 Å². The molecule has 0 aliphatic rings. The van der Waals surface area contributed by atoms with Gasteiger partial charge in [0.1, 0.15) is 0 Å². The highest BCUT2D eigenvalue weighted by molar-refractivity contribution is 7.78. The van der Waals surface area contributed by atoms with Crippen LogP contribution in [0.15, 0.2) is 35.3 Å². The zero-order chi connectivity index (χ0) is 13.3. The van der Waals surface area contributed by atoms with Gasteiger partial charge in [-0.1, -0.05) is 18.2 Å². The zero-order valence-electron chi connectivity index (χ0n) is 10.5. The molecular formula is C13H18NO2PS. The zero-order valence-corrected chi connectivity index (χ0v) is 12.3. The van der Waals surface area contributed by atoms with Gasteiger partial charge in [-0.05, 0) is 44.1 Å². The Bertz CT molecular complexity index is 444. The molecule has 1 rings (SSSR count). The van der Waals surface area contributed by atoms with Gasteiger partial charge in [-0.15, -0.1) is 0 Å². The van der Waals surface area contributed by atoms with E-state index in [2.05, 4.69) is 22.4 Å². The Balaban J connectivity index is 2.63. The van der Waals surface area contributed by atoms with Crippen molar-refractivity contribution in [2.75, 3.05) is 19.3 Å².